The van der Waals surface area contributed by atoms with Gasteiger partial charge in [-0.05, 0) is 55.7 Å². The Morgan fingerprint density at radius 3 is 1.27 bits per heavy atom. The number of esters is 4. The van der Waals surface area contributed by atoms with Crippen molar-refractivity contribution in [2.24, 2.45) is 11.8 Å². The highest BCUT2D eigenvalue weighted by Crippen LogP contribution is 2.46. The molecule has 0 radical (unpaired) electrons. The van der Waals surface area contributed by atoms with Crippen LogP contribution in [-0.4, -0.2) is 97.5 Å². The molecule has 4 heterocycles. The highest BCUT2D eigenvalue weighted by atomic mass is 16.6. The third-order valence-electron chi connectivity index (χ3n) is 14.1. The zero-order valence-corrected chi connectivity index (χ0v) is 34.0. The van der Waals surface area contributed by atoms with Crippen molar-refractivity contribution in [3.63, 3.8) is 0 Å². The predicted molar refractivity (Wildman–Crippen MR) is 206 cm³/mol. The largest absolute Gasteiger partial charge is 0.493 e. The van der Waals surface area contributed by atoms with E-state index in [0.29, 0.717) is 53.6 Å². The van der Waals surface area contributed by atoms with Crippen molar-refractivity contribution in [1.82, 2.24) is 0 Å². The minimum atomic E-state index is -0.384. The highest BCUT2D eigenvalue weighted by Gasteiger charge is 2.54. The van der Waals surface area contributed by atoms with Gasteiger partial charge in [-0.15, -0.1) is 0 Å². The van der Waals surface area contributed by atoms with E-state index in [1.54, 1.807) is 26.4 Å². The first kappa shape index (κ1) is 40.1. The molecule has 5 aliphatic rings. The van der Waals surface area contributed by atoms with Gasteiger partial charge >= 0.3 is 23.9 Å². The first-order chi connectivity index (χ1) is 26.8. The van der Waals surface area contributed by atoms with Gasteiger partial charge < -0.3 is 37.4 Å². The van der Waals surface area contributed by atoms with E-state index in [4.69, 9.17) is 28.4 Å². The molecule has 7 rings (SSSR count). The van der Waals surface area contributed by atoms with Crippen molar-refractivity contribution in [1.29, 1.82) is 0 Å². The minimum Gasteiger partial charge on any atom is -0.493 e. The van der Waals surface area contributed by atoms with E-state index in [9.17, 15) is 19.2 Å². The molecule has 2 aromatic carbocycles. The molecule has 0 aromatic heterocycles. The summed E-state index contributed by atoms with van der Waals surface area (Å²) in [5, 5.41) is 0. The molecule has 0 spiro atoms. The number of methoxy groups -OCH3 is 2. The maximum absolute atomic E-state index is 13.7. The molecular weight excluding hydrogens is 716 g/mol. The van der Waals surface area contributed by atoms with Crippen molar-refractivity contribution >= 4 is 23.9 Å². The summed E-state index contributed by atoms with van der Waals surface area (Å²) in [5.41, 5.74) is 2.24. The van der Waals surface area contributed by atoms with Crippen LogP contribution in [0.4, 0.5) is 0 Å². The van der Waals surface area contributed by atoms with E-state index in [0.717, 1.165) is 104 Å². The number of benzene rings is 2. The van der Waals surface area contributed by atoms with Gasteiger partial charge in [0.05, 0.1) is 64.3 Å². The number of piperidine rings is 2. The first-order valence-electron chi connectivity index (χ1n) is 20.6. The molecule has 6 atom stereocenters. The molecule has 1 aliphatic carbocycles. The number of carbonyl (C=O) groups is 4. The molecule has 4 saturated heterocycles. The quantitative estimate of drug-likeness (QED) is 0.135. The van der Waals surface area contributed by atoms with E-state index >= 15 is 0 Å². The number of quaternary nitrogens is 2. The van der Waals surface area contributed by atoms with Gasteiger partial charge in [0.15, 0.2) is 23.0 Å². The number of ether oxygens (including phenoxy) is 6. The first-order valence-corrected chi connectivity index (χ1v) is 20.6. The summed E-state index contributed by atoms with van der Waals surface area (Å²) in [6.07, 6.45) is 10.3. The Kier molecular flexibility index (Phi) is 11.7. The number of hydrogen-bond donors (Lipinski definition) is 0. The van der Waals surface area contributed by atoms with Gasteiger partial charge in [-0.3, -0.25) is 19.2 Å². The Hall–Kier alpha value is -4.16. The fourth-order valence-electron chi connectivity index (χ4n) is 11.1. The topological polar surface area (TPSA) is 124 Å². The fraction of sp³-hybridized carbons (Fsp3) is 0.636. The van der Waals surface area contributed by atoms with Gasteiger partial charge in [0.1, 0.15) is 25.3 Å². The van der Waals surface area contributed by atoms with Crippen molar-refractivity contribution < 1.29 is 56.6 Å². The lowest BCUT2D eigenvalue weighted by Crippen LogP contribution is -2.58. The summed E-state index contributed by atoms with van der Waals surface area (Å²) in [6, 6.07) is 13.0. The Balaban J connectivity index is 0.901. The lowest BCUT2D eigenvalue weighted by atomic mass is 9.81. The molecule has 0 N–H and O–H groups in total. The zero-order chi connectivity index (χ0) is 39.8. The average Bonchev–Trinajstić information content (AvgIpc) is 3.38. The molecule has 5 fully saturated rings. The van der Waals surface area contributed by atoms with Crippen LogP contribution in [0.3, 0.4) is 0 Å². The SMILES string of the molecule is COc1cc(C[N+]2(C)C3CCC2CC(OC(=O)C2CCCC(C(=O)OC4CC5CCC(C4)[N+]5(C)Cc4ccc(OC(C)=O)c(OC)c4)C2)C3)ccc1OC(C)=O. The van der Waals surface area contributed by atoms with Crippen molar-refractivity contribution in [2.45, 2.75) is 140 Å². The van der Waals surface area contributed by atoms with Crippen LogP contribution in [0.1, 0.15) is 102 Å². The second-order valence-electron chi connectivity index (χ2n) is 17.6. The van der Waals surface area contributed by atoms with E-state index in [2.05, 4.69) is 14.1 Å². The maximum Gasteiger partial charge on any atom is 0.309 e. The van der Waals surface area contributed by atoms with Crippen LogP contribution in [0.15, 0.2) is 36.4 Å². The normalized spacial score (nSPS) is 33.2. The lowest BCUT2D eigenvalue weighted by molar-refractivity contribution is -0.961. The van der Waals surface area contributed by atoms with Gasteiger partial charge in [-0.2, -0.15) is 0 Å². The maximum atomic E-state index is 13.7. The molecular formula is C44H60N2O10+2. The van der Waals surface area contributed by atoms with Crippen LogP contribution in [0.2, 0.25) is 0 Å². The van der Waals surface area contributed by atoms with Crippen LogP contribution in [-0.2, 0) is 41.7 Å². The van der Waals surface area contributed by atoms with Gasteiger partial charge in [-0.1, -0.05) is 6.42 Å². The summed E-state index contributed by atoms with van der Waals surface area (Å²) in [6.45, 7) is 4.40. The number of nitrogens with zero attached hydrogens (tertiary/aromatic N) is 2. The van der Waals surface area contributed by atoms with Crippen LogP contribution >= 0.6 is 0 Å². The van der Waals surface area contributed by atoms with Crippen LogP contribution in [0, 0.1) is 11.8 Å². The number of fused-ring (bicyclic) bond motifs is 4. The Morgan fingerprint density at radius 2 is 0.929 bits per heavy atom. The lowest BCUT2D eigenvalue weighted by Gasteiger charge is -2.47. The van der Waals surface area contributed by atoms with Gasteiger partial charge in [-0.25, -0.2) is 0 Å². The summed E-state index contributed by atoms with van der Waals surface area (Å²) >= 11 is 0. The summed E-state index contributed by atoms with van der Waals surface area (Å²) in [4.78, 5) is 50.4. The standard InChI is InChI=1S/C44H60N2O10/c1-27(47)53-39-16-10-29(18-41(39)51-5)25-45(3)33-12-13-34(45)22-37(21-33)55-43(49)31-8-7-9-32(20-31)44(50)56-38-23-35-14-15-36(24-38)46(35,4)26-30-11-17-40(54-28(2)48)42(19-30)52-6/h10-11,16-19,31-38H,7-9,12-15,20-26H2,1-6H3/q+2. The number of rotatable bonds is 12. The second kappa shape index (κ2) is 16.4. The fourth-order valence-corrected chi connectivity index (χ4v) is 11.1. The highest BCUT2D eigenvalue weighted by molar-refractivity contribution is 5.77. The summed E-state index contributed by atoms with van der Waals surface area (Å²) in [7, 11) is 7.78. The zero-order valence-electron chi connectivity index (χ0n) is 34.0. The third kappa shape index (κ3) is 8.28. The van der Waals surface area contributed by atoms with E-state index in [-0.39, 0.29) is 47.9 Å². The van der Waals surface area contributed by atoms with Crippen LogP contribution in [0.5, 0.6) is 23.0 Å². The van der Waals surface area contributed by atoms with E-state index in [1.165, 1.54) is 13.8 Å². The molecule has 1 saturated carbocycles. The summed E-state index contributed by atoms with van der Waals surface area (Å²) in [5.74, 6) is 0.281. The Bertz CT molecular complexity index is 1660. The van der Waals surface area contributed by atoms with Crippen LogP contribution in [0.25, 0.3) is 0 Å². The third-order valence-corrected chi connectivity index (χ3v) is 14.1. The van der Waals surface area contributed by atoms with Crippen LogP contribution < -0.4 is 18.9 Å². The molecule has 2 aromatic rings. The van der Waals surface area contributed by atoms with Gasteiger partial charge in [0, 0.05) is 76.3 Å². The molecule has 6 unspecified atom stereocenters. The van der Waals surface area contributed by atoms with Crippen molar-refractivity contribution in [3.05, 3.63) is 47.5 Å². The molecule has 12 heteroatoms. The predicted octanol–water partition coefficient (Wildman–Crippen LogP) is 6.43. The van der Waals surface area contributed by atoms with Gasteiger partial charge in [0.2, 0.25) is 0 Å². The second-order valence-corrected chi connectivity index (χ2v) is 17.6. The molecule has 56 heavy (non-hydrogen) atoms. The average molecular weight is 777 g/mol. The minimum absolute atomic E-state index is 0.113. The molecule has 0 amide bonds. The van der Waals surface area contributed by atoms with E-state index in [1.807, 2.05) is 24.3 Å². The summed E-state index contributed by atoms with van der Waals surface area (Å²) < 4.78 is 36.0. The Morgan fingerprint density at radius 1 is 0.554 bits per heavy atom. The number of hydrogen-bond acceptors (Lipinski definition) is 10. The Labute approximate surface area is 330 Å². The van der Waals surface area contributed by atoms with E-state index < -0.39 is 0 Å². The van der Waals surface area contributed by atoms with Crippen molar-refractivity contribution in [2.75, 3.05) is 28.3 Å². The molecule has 304 valence electrons. The molecule has 4 bridgehead atoms. The number of carbonyl (C=O) groups excluding carboxylic acids is 4. The smallest absolute Gasteiger partial charge is 0.309 e. The molecule has 4 aliphatic heterocycles. The van der Waals surface area contributed by atoms with Crippen molar-refractivity contribution in [3.8, 4) is 23.0 Å². The molecule has 12 nitrogen and oxygen atoms in total. The monoisotopic (exact) mass is 776 g/mol. The van der Waals surface area contributed by atoms with Gasteiger partial charge in [0.25, 0.3) is 0 Å².